The average molecular weight is 403 g/mol. The van der Waals surface area contributed by atoms with Gasteiger partial charge in [0.1, 0.15) is 5.57 Å². The van der Waals surface area contributed by atoms with Gasteiger partial charge in [0, 0.05) is 11.7 Å². The van der Waals surface area contributed by atoms with Gasteiger partial charge in [-0.3, -0.25) is 4.79 Å². The van der Waals surface area contributed by atoms with Crippen molar-refractivity contribution in [2.24, 2.45) is 0 Å². The van der Waals surface area contributed by atoms with Gasteiger partial charge < -0.3 is 15.2 Å². The first-order chi connectivity index (χ1) is 13.1. The van der Waals surface area contributed by atoms with Crippen LogP contribution < -0.4 is 5.32 Å². The van der Waals surface area contributed by atoms with Crippen LogP contribution in [0.3, 0.4) is 0 Å². The number of carbonyl (C=O) groups excluding carboxylic acids is 2. The van der Waals surface area contributed by atoms with Crippen LogP contribution in [0.25, 0.3) is 0 Å². The number of benzene rings is 1. The van der Waals surface area contributed by atoms with E-state index < -0.39 is 57.8 Å². The molecule has 0 spiro atoms. The zero-order chi connectivity index (χ0) is 21.1. The van der Waals surface area contributed by atoms with E-state index in [1.165, 1.54) is 6.92 Å². The molecule has 0 radical (unpaired) electrons. The fourth-order valence-corrected chi connectivity index (χ4v) is 3.11. The van der Waals surface area contributed by atoms with Gasteiger partial charge in [-0.2, -0.15) is 0 Å². The number of aliphatic hydroxyl groups is 1. The molecule has 0 heterocycles. The first kappa shape index (κ1) is 21.9. The Morgan fingerprint density at radius 2 is 1.89 bits per heavy atom. The number of Topliss-reactive ketones (excluding diaryl/α,β-unsaturated/α-hetero) is 1. The zero-order valence-corrected chi connectivity index (χ0v) is 15.5. The zero-order valence-electron chi connectivity index (χ0n) is 15.5. The van der Waals surface area contributed by atoms with E-state index in [0.29, 0.717) is 19.3 Å². The quantitative estimate of drug-likeness (QED) is 0.102. The van der Waals surface area contributed by atoms with Crippen molar-refractivity contribution in [1.29, 1.82) is 0 Å². The van der Waals surface area contributed by atoms with Crippen LogP contribution in [0.15, 0.2) is 17.8 Å². The fraction of sp³-hybridized carbons (Fsp3) is 0.474. The first-order valence-corrected chi connectivity index (χ1v) is 8.82. The third-order valence-electron chi connectivity index (χ3n) is 4.61. The van der Waals surface area contributed by atoms with Gasteiger partial charge in [-0.1, -0.05) is 0 Å². The summed E-state index contributed by atoms with van der Waals surface area (Å²) in [5, 5.41) is 12.5. The second-order valence-corrected chi connectivity index (χ2v) is 6.79. The van der Waals surface area contributed by atoms with Crippen molar-refractivity contribution >= 4 is 11.8 Å². The van der Waals surface area contributed by atoms with Crippen LogP contribution in [0.1, 0.15) is 49.9 Å². The highest BCUT2D eigenvalue weighted by molar-refractivity contribution is 6.24. The van der Waals surface area contributed by atoms with Gasteiger partial charge in [-0.15, -0.1) is 0 Å². The summed E-state index contributed by atoms with van der Waals surface area (Å²) in [6, 6.07) is 0.193. The summed E-state index contributed by atoms with van der Waals surface area (Å²) in [6.45, 7) is 2.96. The molecule has 1 aliphatic rings. The van der Waals surface area contributed by atoms with Gasteiger partial charge in [-0.05, 0) is 45.6 Å². The number of hydrogen-bond donors (Lipinski definition) is 2. The summed E-state index contributed by atoms with van der Waals surface area (Å²) in [6.07, 6.45) is 2.86. The molecule has 2 rings (SSSR count). The van der Waals surface area contributed by atoms with E-state index in [-0.39, 0.29) is 12.7 Å². The van der Waals surface area contributed by atoms with Crippen LogP contribution in [0, 0.1) is 23.3 Å². The molecule has 1 aromatic carbocycles. The van der Waals surface area contributed by atoms with E-state index in [4.69, 9.17) is 4.74 Å². The van der Waals surface area contributed by atoms with E-state index >= 15 is 0 Å². The lowest BCUT2D eigenvalue weighted by molar-refractivity contribution is -0.138. The lowest BCUT2D eigenvalue weighted by Gasteiger charge is -2.43. The minimum Gasteiger partial charge on any atom is -0.462 e. The Balaban J connectivity index is 2.41. The van der Waals surface area contributed by atoms with Gasteiger partial charge in [0.25, 0.3) is 0 Å². The molecule has 1 aliphatic carbocycles. The van der Waals surface area contributed by atoms with Crippen LogP contribution in [-0.2, 0) is 9.53 Å². The van der Waals surface area contributed by atoms with Crippen molar-refractivity contribution in [3.8, 4) is 0 Å². The molecule has 0 aliphatic heterocycles. The molecule has 1 fully saturated rings. The molecule has 1 atom stereocenters. The maximum atomic E-state index is 14.0. The Labute approximate surface area is 159 Å². The van der Waals surface area contributed by atoms with Crippen LogP contribution in [-0.4, -0.2) is 35.1 Å². The van der Waals surface area contributed by atoms with Crippen molar-refractivity contribution in [2.75, 3.05) is 6.61 Å². The maximum absolute atomic E-state index is 14.0. The Morgan fingerprint density at radius 3 is 2.39 bits per heavy atom. The summed E-state index contributed by atoms with van der Waals surface area (Å²) in [4.78, 5) is 24.8. The number of nitrogens with one attached hydrogen (secondary N) is 1. The molecule has 9 heteroatoms. The van der Waals surface area contributed by atoms with Crippen LogP contribution in [0.2, 0.25) is 0 Å². The van der Waals surface area contributed by atoms with E-state index in [0.717, 1.165) is 12.6 Å². The molecule has 2 N–H and O–H groups in total. The molecule has 1 aromatic rings. The van der Waals surface area contributed by atoms with Crippen molar-refractivity contribution < 1.29 is 37.0 Å². The Bertz CT molecular complexity index is 804. The highest BCUT2D eigenvalue weighted by Crippen LogP contribution is 2.36. The maximum Gasteiger partial charge on any atom is 0.343 e. The molecule has 1 saturated carbocycles. The van der Waals surface area contributed by atoms with E-state index in [2.05, 4.69) is 5.32 Å². The van der Waals surface area contributed by atoms with Gasteiger partial charge in [0.05, 0.1) is 18.3 Å². The topological polar surface area (TPSA) is 75.6 Å². The minimum atomic E-state index is -2.15. The van der Waals surface area contributed by atoms with Gasteiger partial charge in [0.15, 0.2) is 23.3 Å². The normalized spacial score (nSPS) is 16.9. The van der Waals surface area contributed by atoms with E-state index in [9.17, 15) is 32.3 Å². The second-order valence-electron chi connectivity index (χ2n) is 6.79. The SMILES string of the molecule is CCOC(=O)/C(=C/NC1(CC(C)O)CCC1)C(=O)c1cc(F)c(F)c(F)c1F. The lowest BCUT2D eigenvalue weighted by atomic mass is 9.73. The first-order valence-electron chi connectivity index (χ1n) is 8.82. The van der Waals surface area contributed by atoms with Crippen molar-refractivity contribution in [2.45, 2.75) is 51.2 Å². The minimum absolute atomic E-state index is 0.100. The summed E-state index contributed by atoms with van der Waals surface area (Å²) in [5.74, 6) is -10.4. The van der Waals surface area contributed by atoms with Gasteiger partial charge in [0.2, 0.25) is 5.78 Å². The number of carbonyl (C=O) groups is 2. The monoisotopic (exact) mass is 403 g/mol. The van der Waals surface area contributed by atoms with Gasteiger partial charge in [-0.25, -0.2) is 22.4 Å². The number of esters is 1. The Kier molecular flexibility index (Phi) is 6.82. The number of ether oxygens (including phenoxy) is 1. The van der Waals surface area contributed by atoms with Crippen molar-refractivity contribution in [1.82, 2.24) is 5.32 Å². The number of ketones is 1. The predicted octanol–water partition coefficient (Wildman–Crippen LogP) is 3.16. The van der Waals surface area contributed by atoms with Crippen molar-refractivity contribution in [3.63, 3.8) is 0 Å². The molecule has 1 unspecified atom stereocenters. The Morgan fingerprint density at radius 1 is 1.25 bits per heavy atom. The number of hydrogen-bond acceptors (Lipinski definition) is 5. The number of rotatable bonds is 8. The molecule has 28 heavy (non-hydrogen) atoms. The molecule has 154 valence electrons. The van der Waals surface area contributed by atoms with Crippen molar-refractivity contribution in [3.05, 3.63) is 46.7 Å². The third-order valence-corrected chi connectivity index (χ3v) is 4.61. The van der Waals surface area contributed by atoms with Crippen LogP contribution in [0.4, 0.5) is 17.6 Å². The number of halogens is 4. The Hall–Kier alpha value is -2.42. The summed E-state index contributed by atoms with van der Waals surface area (Å²) < 4.78 is 58.9. The average Bonchev–Trinajstić information content (AvgIpc) is 2.60. The molecular formula is C19H21F4NO4. The number of aliphatic hydroxyl groups excluding tert-OH is 1. The molecular weight excluding hydrogens is 382 g/mol. The highest BCUT2D eigenvalue weighted by Gasteiger charge is 2.38. The fourth-order valence-electron chi connectivity index (χ4n) is 3.11. The summed E-state index contributed by atoms with van der Waals surface area (Å²) in [5.41, 5.74) is -2.39. The third kappa shape index (κ3) is 4.52. The smallest absolute Gasteiger partial charge is 0.343 e. The summed E-state index contributed by atoms with van der Waals surface area (Å²) >= 11 is 0. The van der Waals surface area contributed by atoms with Crippen LogP contribution >= 0.6 is 0 Å². The second kappa shape index (κ2) is 8.72. The van der Waals surface area contributed by atoms with E-state index in [1.807, 2.05) is 0 Å². The lowest BCUT2D eigenvalue weighted by Crippen LogP contribution is -2.50. The predicted molar refractivity (Wildman–Crippen MR) is 91.3 cm³/mol. The molecule has 0 aromatic heterocycles. The van der Waals surface area contributed by atoms with E-state index in [1.54, 1.807) is 6.92 Å². The van der Waals surface area contributed by atoms with Gasteiger partial charge >= 0.3 is 5.97 Å². The molecule has 0 amide bonds. The molecule has 0 saturated heterocycles. The highest BCUT2D eigenvalue weighted by atomic mass is 19.2. The molecule has 0 bridgehead atoms. The summed E-state index contributed by atoms with van der Waals surface area (Å²) in [7, 11) is 0. The van der Waals surface area contributed by atoms with Crippen LogP contribution in [0.5, 0.6) is 0 Å². The standard InChI is InChI=1S/C19H21F4NO4/c1-3-28-18(27)12(9-24-19(5-4-6-19)8-10(2)25)17(26)11-7-13(20)15(22)16(23)14(11)21/h7,9-10,24-25H,3-6,8H2,1-2H3/b12-9+. The molecule has 5 nitrogen and oxygen atoms in total. The largest absolute Gasteiger partial charge is 0.462 e.